The normalized spacial score (nSPS) is 11.8. The molecule has 0 amide bonds. The highest BCUT2D eigenvalue weighted by Gasteiger charge is 2.19. The number of aromatic nitrogens is 3. The van der Waals surface area contributed by atoms with Crippen LogP contribution in [0.1, 0.15) is 0 Å². The van der Waals surface area contributed by atoms with E-state index in [-0.39, 0.29) is 0 Å². The number of nitrogens with zero attached hydrogens (tertiary/aromatic N) is 3. The van der Waals surface area contributed by atoms with E-state index in [9.17, 15) is 0 Å². The minimum absolute atomic E-state index is 0.856. The van der Waals surface area contributed by atoms with Gasteiger partial charge in [0.05, 0.1) is 34.0 Å². The molecule has 13 aromatic carbocycles. The van der Waals surface area contributed by atoms with Gasteiger partial charge in [0.2, 0.25) is 0 Å². The van der Waals surface area contributed by atoms with E-state index in [0.717, 1.165) is 44.3 Å². The first-order valence-corrected chi connectivity index (χ1v) is 25.1. The van der Waals surface area contributed by atoms with Crippen LogP contribution in [0.4, 0.5) is 0 Å². The van der Waals surface area contributed by atoms with Crippen LogP contribution in [0.5, 0.6) is 0 Å². The lowest BCUT2D eigenvalue weighted by Gasteiger charge is -2.18. The Morgan fingerprint density at radius 2 is 0.658 bits per heavy atom. The Morgan fingerprint density at radius 1 is 0.247 bits per heavy atom. The van der Waals surface area contributed by atoms with E-state index in [1.807, 2.05) is 6.20 Å². The van der Waals surface area contributed by atoms with Crippen molar-refractivity contribution >= 4 is 86.7 Å². The van der Waals surface area contributed by atoms with Crippen molar-refractivity contribution in [3.8, 4) is 61.5 Å². The van der Waals surface area contributed by atoms with Crippen molar-refractivity contribution in [1.29, 1.82) is 0 Å². The minimum Gasteiger partial charge on any atom is -0.309 e. The van der Waals surface area contributed by atoms with E-state index in [2.05, 4.69) is 259 Å². The van der Waals surface area contributed by atoms with E-state index in [0.29, 0.717) is 0 Å². The first-order chi connectivity index (χ1) is 36.2. The molecule has 15 rings (SSSR count). The molecule has 0 saturated heterocycles. The van der Waals surface area contributed by atoms with Gasteiger partial charge in [-0.3, -0.25) is 4.98 Å². The van der Waals surface area contributed by atoms with Crippen LogP contribution in [-0.4, -0.2) is 14.5 Å². The fourth-order valence-corrected chi connectivity index (χ4v) is 11.9. The fourth-order valence-electron chi connectivity index (χ4n) is 11.9. The highest BCUT2D eigenvalue weighted by molar-refractivity contribution is 6.23. The number of para-hydroxylation sites is 2. The molecule has 0 radical (unpaired) electrons. The third-order valence-corrected chi connectivity index (χ3v) is 15.2. The molecular formula is C70H43N3. The van der Waals surface area contributed by atoms with Crippen molar-refractivity contribution in [1.82, 2.24) is 14.5 Å². The molecule has 2 heterocycles. The molecule has 0 unspecified atom stereocenters. The van der Waals surface area contributed by atoms with E-state index in [1.54, 1.807) is 0 Å². The summed E-state index contributed by atoms with van der Waals surface area (Å²) in [5, 5.41) is 14.5. The van der Waals surface area contributed by atoms with E-state index in [1.165, 1.54) is 104 Å². The molecule has 0 aliphatic heterocycles. The molecular weight excluding hydrogens is 883 g/mol. The topological polar surface area (TPSA) is 30.7 Å². The Hall–Kier alpha value is -9.70. The molecule has 3 heteroatoms. The van der Waals surface area contributed by atoms with E-state index >= 15 is 0 Å². The first-order valence-electron chi connectivity index (χ1n) is 25.1. The zero-order chi connectivity index (χ0) is 48.0. The SMILES string of the molecule is c1ccc(-n2c3ccccc3c3ccc(-c4ccc(-c5ccc(-c6ccc(-c7cccc(-c8cnc9c%10ccccc%10c%10ccccc%10c9n8)c7)c7ccccc67)c6ccccc56)c5ccccc45)cc32)cc1. The molecule has 338 valence electrons. The van der Waals surface area contributed by atoms with Crippen molar-refractivity contribution in [3.05, 3.63) is 261 Å². The molecule has 0 spiro atoms. The lowest BCUT2D eigenvalue weighted by atomic mass is 9.86. The average Bonchev–Trinajstić information content (AvgIpc) is 3.81. The maximum absolute atomic E-state index is 5.33. The van der Waals surface area contributed by atoms with Crippen LogP contribution in [-0.2, 0) is 0 Å². The third-order valence-electron chi connectivity index (χ3n) is 15.2. The van der Waals surface area contributed by atoms with Gasteiger partial charge in [0.25, 0.3) is 0 Å². The molecule has 0 bridgehead atoms. The Bertz CT molecular complexity index is 4700. The number of benzene rings is 13. The van der Waals surface area contributed by atoms with Gasteiger partial charge in [-0.15, -0.1) is 0 Å². The zero-order valence-corrected chi connectivity index (χ0v) is 39.7. The summed E-state index contributed by atoms with van der Waals surface area (Å²) in [6, 6.07) is 92.9. The quantitative estimate of drug-likeness (QED) is 0.156. The highest BCUT2D eigenvalue weighted by Crippen LogP contribution is 2.45. The molecule has 73 heavy (non-hydrogen) atoms. The molecule has 0 N–H and O–H groups in total. The Balaban J connectivity index is 0.827. The van der Waals surface area contributed by atoms with Crippen LogP contribution in [0, 0.1) is 0 Å². The monoisotopic (exact) mass is 925 g/mol. The number of hydrogen-bond acceptors (Lipinski definition) is 2. The van der Waals surface area contributed by atoms with Crippen LogP contribution in [0.3, 0.4) is 0 Å². The summed E-state index contributed by atoms with van der Waals surface area (Å²) in [6.07, 6.45) is 1.93. The summed E-state index contributed by atoms with van der Waals surface area (Å²) >= 11 is 0. The molecule has 15 aromatic rings. The zero-order valence-electron chi connectivity index (χ0n) is 39.7. The average molecular weight is 926 g/mol. The van der Waals surface area contributed by atoms with Gasteiger partial charge in [0.1, 0.15) is 0 Å². The number of fused-ring (bicyclic) bond motifs is 12. The lowest BCUT2D eigenvalue weighted by molar-refractivity contribution is 1.18. The van der Waals surface area contributed by atoms with E-state index < -0.39 is 0 Å². The van der Waals surface area contributed by atoms with Crippen LogP contribution < -0.4 is 0 Å². The first kappa shape index (κ1) is 41.1. The predicted molar refractivity (Wildman–Crippen MR) is 309 cm³/mol. The molecule has 2 aromatic heterocycles. The Labute approximate surface area is 421 Å². The molecule has 0 saturated carbocycles. The summed E-state index contributed by atoms with van der Waals surface area (Å²) in [5.41, 5.74) is 16.9. The largest absolute Gasteiger partial charge is 0.309 e. The van der Waals surface area contributed by atoms with Gasteiger partial charge in [-0.1, -0.05) is 224 Å². The Morgan fingerprint density at radius 3 is 1.22 bits per heavy atom. The van der Waals surface area contributed by atoms with Crippen molar-refractivity contribution in [3.63, 3.8) is 0 Å². The van der Waals surface area contributed by atoms with Crippen molar-refractivity contribution in [2.24, 2.45) is 0 Å². The summed E-state index contributed by atoms with van der Waals surface area (Å²) < 4.78 is 2.40. The molecule has 3 nitrogen and oxygen atoms in total. The van der Waals surface area contributed by atoms with Crippen molar-refractivity contribution < 1.29 is 0 Å². The molecule has 0 atom stereocenters. The summed E-state index contributed by atoms with van der Waals surface area (Å²) in [6.45, 7) is 0. The van der Waals surface area contributed by atoms with Gasteiger partial charge in [0, 0.05) is 32.8 Å². The summed E-state index contributed by atoms with van der Waals surface area (Å²) in [5.74, 6) is 0. The third kappa shape index (κ3) is 6.46. The lowest BCUT2D eigenvalue weighted by Crippen LogP contribution is -1.93. The maximum Gasteiger partial charge on any atom is 0.0979 e. The second-order valence-corrected chi connectivity index (χ2v) is 19.2. The van der Waals surface area contributed by atoms with Gasteiger partial charge >= 0.3 is 0 Å². The van der Waals surface area contributed by atoms with Crippen LogP contribution in [0.2, 0.25) is 0 Å². The van der Waals surface area contributed by atoms with Gasteiger partial charge in [-0.25, -0.2) is 4.98 Å². The van der Waals surface area contributed by atoms with Crippen LogP contribution in [0.15, 0.2) is 261 Å². The highest BCUT2D eigenvalue weighted by atomic mass is 15.0. The van der Waals surface area contributed by atoms with Crippen molar-refractivity contribution in [2.75, 3.05) is 0 Å². The van der Waals surface area contributed by atoms with Crippen molar-refractivity contribution in [2.45, 2.75) is 0 Å². The van der Waals surface area contributed by atoms with E-state index in [4.69, 9.17) is 9.97 Å². The standard InChI is InChI=1S/C70H43N3/c1-2-19-47(20-3-1)73-67-32-15-14-29-62(67)63-34-33-45(42-68(63)73)49-36-38-59(53-24-7-5-22-51(49)53)61-40-39-60(54-25-8-9-26-55(54)61)58-37-35-48(50-21-4-6-23-52(50)58)44-17-16-18-46(41-44)66-43-71-69-64-30-12-10-27-56(64)57-28-11-13-31-65(57)70(69)72-66/h1-43H. The van der Waals surface area contributed by atoms with Gasteiger partial charge in [-0.2, -0.15) is 0 Å². The van der Waals surface area contributed by atoms with Crippen LogP contribution >= 0.6 is 0 Å². The summed E-state index contributed by atoms with van der Waals surface area (Å²) in [4.78, 5) is 10.4. The maximum atomic E-state index is 5.33. The number of hydrogen-bond donors (Lipinski definition) is 0. The van der Waals surface area contributed by atoms with Crippen LogP contribution in [0.25, 0.3) is 148 Å². The fraction of sp³-hybridized carbons (Fsp3) is 0. The summed E-state index contributed by atoms with van der Waals surface area (Å²) in [7, 11) is 0. The molecule has 0 fully saturated rings. The second-order valence-electron chi connectivity index (χ2n) is 19.2. The minimum atomic E-state index is 0.856. The van der Waals surface area contributed by atoms with Gasteiger partial charge < -0.3 is 4.57 Å². The predicted octanol–water partition coefficient (Wildman–Crippen LogP) is 18.8. The molecule has 0 aliphatic rings. The molecule has 0 aliphatic carbocycles. The second kappa shape index (κ2) is 16.4. The van der Waals surface area contributed by atoms with Gasteiger partial charge in [-0.05, 0) is 118 Å². The smallest absolute Gasteiger partial charge is 0.0979 e. The van der Waals surface area contributed by atoms with Gasteiger partial charge in [0.15, 0.2) is 0 Å². The Kier molecular flexibility index (Phi) is 9.26. The number of rotatable bonds is 6.